The number of aryl methyl sites for hydroxylation is 1. The summed E-state index contributed by atoms with van der Waals surface area (Å²) in [4.78, 5) is 14.5. The highest BCUT2D eigenvalue weighted by Gasteiger charge is 2.39. The second-order valence-corrected chi connectivity index (χ2v) is 5.75. The molecule has 1 saturated carbocycles. The predicted molar refractivity (Wildman–Crippen MR) is 69.6 cm³/mol. The third kappa shape index (κ3) is 1.99. The quantitative estimate of drug-likeness (QED) is 0.800. The highest BCUT2D eigenvalue weighted by atomic mass is 79.9. The van der Waals surface area contributed by atoms with E-state index in [-0.39, 0.29) is 18.1 Å². The van der Waals surface area contributed by atoms with Crippen molar-refractivity contribution in [3.8, 4) is 0 Å². The van der Waals surface area contributed by atoms with Crippen LogP contribution in [0.25, 0.3) is 0 Å². The van der Waals surface area contributed by atoms with Crippen LogP contribution in [0.5, 0.6) is 0 Å². The lowest BCUT2D eigenvalue weighted by atomic mass is 10.1. The van der Waals surface area contributed by atoms with E-state index in [1.807, 2.05) is 17.9 Å². The third-order valence-electron chi connectivity index (χ3n) is 3.82. The van der Waals surface area contributed by atoms with Gasteiger partial charge in [-0.15, -0.1) is 0 Å². The molecule has 1 saturated heterocycles. The Balaban J connectivity index is 1.85. The average Bonchev–Trinajstić information content (AvgIpc) is 2.94. The second kappa shape index (κ2) is 4.70. The highest BCUT2D eigenvalue weighted by Crippen LogP contribution is 2.31. The molecule has 18 heavy (non-hydrogen) atoms. The van der Waals surface area contributed by atoms with Gasteiger partial charge in [-0.25, -0.2) is 0 Å². The number of halogens is 1. The Kier molecular flexibility index (Phi) is 3.20. The fourth-order valence-corrected chi connectivity index (χ4v) is 3.47. The molecule has 1 aliphatic carbocycles. The van der Waals surface area contributed by atoms with Crippen molar-refractivity contribution in [2.24, 2.45) is 0 Å². The van der Waals surface area contributed by atoms with E-state index < -0.39 is 0 Å². The summed E-state index contributed by atoms with van der Waals surface area (Å²) in [5, 5.41) is 0. The molecule has 1 aromatic rings. The summed E-state index contributed by atoms with van der Waals surface area (Å²) < 4.78 is 11.8. The van der Waals surface area contributed by atoms with Gasteiger partial charge in [0, 0.05) is 12.1 Å². The molecule has 2 aliphatic rings. The van der Waals surface area contributed by atoms with Crippen molar-refractivity contribution in [1.29, 1.82) is 0 Å². The number of carbonyl (C=O) groups excluding carboxylic acids is 1. The van der Waals surface area contributed by atoms with E-state index in [0.29, 0.717) is 23.6 Å². The summed E-state index contributed by atoms with van der Waals surface area (Å²) in [6.45, 7) is 3.19. The van der Waals surface area contributed by atoms with Crippen LogP contribution in [0.3, 0.4) is 0 Å². The SMILES string of the molecule is Cc1cc(Br)oc1C(=O)N1CCO[C@H]2CCC[C@H]21. The van der Waals surface area contributed by atoms with E-state index in [0.717, 1.165) is 24.8 Å². The van der Waals surface area contributed by atoms with Crippen molar-refractivity contribution in [3.05, 3.63) is 22.1 Å². The highest BCUT2D eigenvalue weighted by molar-refractivity contribution is 9.10. The standard InChI is InChI=1S/C13H16BrNO3/c1-8-7-11(14)18-12(8)13(16)15-5-6-17-10-4-2-3-9(10)15/h7,9-10H,2-6H2,1H3/t9-,10+/m1/s1. The van der Waals surface area contributed by atoms with Crippen LogP contribution >= 0.6 is 15.9 Å². The monoisotopic (exact) mass is 313 g/mol. The normalized spacial score (nSPS) is 27.3. The molecule has 2 atom stereocenters. The number of fused-ring (bicyclic) bond motifs is 1. The summed E-state index contributed by atoms with van der Waals surface area (Å²) in [6, 6.07) is 2.06. The molecule has 5 heteroatoms. The molecule has 3 rings (SSSR count). The molecule has 0 N–H and O–H groups in total. The number of rotatable bonds is 1. The van der Waals surface area contributed by atoms with E-state index in [1.54, 1.807) is 0 Å². The molecule has 0 aromatic carbocycles. The van der Waals surface area contributed by atoms with Crippen LogP contribution in [0.15, 0.2) is 15.2 Å². The van der Waals surface area contributed by atoms with Gasteiger partial charge in [0.2, 0.25) is 0 Å². The van der Waals surface area contributed by atoms with Crippen molar-refractivity contribution in [1.82, 2.24) is 4.90 Å². The van der Waals surface area contributed by atoms with Crippen LogP contribution in [0.4, 0.5) is 0 Å². The average molecular weight is 314 g/mol. The smallest absolute Gasteiger partial charge is 0.290 e. The maximum absolute atomic E-state index is 12.5. The zero-order valence-electron chi connectivity index (χ0n) is 10.3. The minimum Gasteiger partial charge on any atom is -0.444 e. The summed E-state index contributed by atoms with van der Waals surface area (Å²) >= 11 is 3.27. The summed E-state index contributed by atoms with van der Waals surface area (Å²) in [6.07, 6.45) is 3.47. The lowest BCUT2D eigenvalue weighted by molar-refractivity contribution is -0.0454. The molecule has 1 aromatic heterocycles. The Labute approximate surface area is 114 Å². The van der Waals surface area contributed by atoms with Crippen LogP contribution in [0, 0.1) is 6.92 Å². The predicted octanol–water partition coefficient (Wildman–Crippen LogP) is 2.74. The van der Waals surface area contributed by atoms with Gasteiger partial charge in [0.1, 0.15) is 0 Å². The number of hydrogen-bond donors (Lipinski definition) is 0. The van der Waals surface area contributed by atoms with Crippen LogP contribution < -0.4 is 0 Å². The fraction of sp³-hybridized carbons (Fsp3) is 0.615. The molecule has 2 fully saturated rings. The van der Waals surface area contributed by atoms with Crippen LogP contribution in [-0.2, 0) is 4.74 Å². The van der Waals surface area contributed by atoms with Gasteiger partial charge < -0.3 is 14.1 Å². The fourth-order valence-electron chi connectivity index (χ4n) is 2.96. The molecule has 0 spiro atoms. The first-order valence-corrected chi connectivity index (χ1v) is 7.14. The zero-order chi connectivity index (χ0) is 12.7. The van der Waals surface area contributed by atoms with Gasteiger partial charge >= 0.3 is 0 Å². The van der Waals surface area contributed by atoms with Gasteiger partial charge in [0.25, 0.3) is 5.91 Å². The Morgan fingerprint density at radius 1 is 1.50 bits per heavy atom. The lowest BCUT2D eigenvalue weighted by Gasteiger charge is -2.37. The second-order valence-electron chi connectivity index (χ2n) is 4.97. The maximum Gasteiger partial charge on any atom is 0.290 e. The first kappa shape index (κ1) is 12.2. The number of furan rings is 1. The van der Waals surface area contributed by atoms with E-state index in [1.165, 1.54) is 0 Å². The molecule has 1 amide bonds. The topological polar surface area (TPSA) is 42.7 Å². The minimum atomic E-state index is -0.00148. The van der Waals surface area contributed by atoms with Crippen molar-refractivity contribution in [3.63, 3.8) is 0 Å². The lowest BCUT2D eigenvalue weighted by Crippen LogP contribution is -2.51. The van der Waals surface area contributed by atoms with Gasteiger partial charge in [0.05, 0.1) is 18.8 Å². The number of carbonyl (C=O) groups is 1. The van der Waals surface area contributed by atoms with Gasteiger partial charge in [-0.1, -0.05) is 0 Å². The van der Waals surface area contributed by atoms with E-state index in [2.05, 4.69) is 15.9 Å². The summed E-state index contributed by atoms with van der Waals surface area (Å²) in [5.74, 6) is 0.452. The molecule has 0 unspecified atom stereocenters. The van der Waals surface area contributed by atoms with Crippen molar-refractivity contribution >= 4 is 21.8 Å². The molecule has 4 nitrogen and oxygen atoms in total. The Hall–Kier alpha value is -0.810. The van der Waals surface area contributed by atoms with Crippen molar-refractivity contribution < 1.29 is 13.9 Å². The molecule has 0 radical (unpaired) electrons. The van der Waals surface area contributed by atoms with Gasteiger partial charge in [-0.2, -0.15) is 0 Å². The Morgan fingerprint density at radius 2 is 2.33 bits per heavy atom. The maximum atomic E-state index is 12.5. The van der Waals surface area contributed by atoms with Crippen molar-refractivity contribution in [2.45, 2.75) is 38.3 Å². The first-order chi connectivity index (χ1) is 8.66. The van der Waals surface area contributed by atoms with E-state index in [9.17, 15) is 4.79 Å². The molecule has 0 bridgehead atoms. The van der Waals surface area contributed by atoms with Gasteiger partial charge in [-0.05, 0) is 48.2 Å². The molecule has 98 valence electrons. The number of ether oxygens (including phenoxy) is 1. The number of amides is 1. The van der Waals surface area contributed by atoms with Gasteiger partial charge in [-0.3, -0.25) is 4.79 Å². The zero-order valence-corrected chi connectivity index (χ0v) is 11.9. The Morgan fingerprint density at radius 3 is 3.06 bits per heavy atom. The van der Waals surface area contributed by atoms with E-state index >= 15 is 0 Å². The largest absolute Gasteiger partial charge is 0.444 e. The first-order valence-electron chi connectivity index (χ1n) is 6.35. The Bertz CT molecular complexity index is 471. The number of hydrogen-bond acceptors (Lipinski definition) is 3. The number of morpholine rings is 1. The summed E-state index contributed by atoms with van der Waals surface area (Å²) in [7, 11) is 0. The van der Waals surface area contributed by atoms with Gasteiger partial charge in [0.15, 0.2) is 10.4 Å². The molecule has 1 aliphatic heterocycles. The van der Waals surface area contributed by atoms with Crippen LogP contribution in [0.2, 0.25) is 0 Å². The van der Waals surface area contributed by atoms with Crippen molar-refractivity contribution in [2.75, 3.05) is 13.2 Å². The van der Waals surface area contributed by atoms with Crippen LogP contribution in [-0.4, -0.2) is 36.1 Å². The molecular weight excluding hydrogens is 298 g/mol. The number of nitrogens with zero attached hydrogens (tertiary/aromatic N) is 1. The van der Waals surface area contributed by atoms with Crippen LogP contribution in [0.1, 0.15) is 35.4 Å². The van der Waals surface area contributed by atoms with E-state index in [4.69, 9.17) is 9.15 Å². The third-order valence-corrected chi connectivity index (χ3v) is 4.22. The molecule has 2 heterocycles. The summed E-state index contributed by atoms with van der Waals surface area (Å²) in [5.41, 5.74) is 0.882. The minimum absolute atomic E-state index is 0.00148. The molecular formula is C13H16BrNO3.